The van der Waals surface area contributed by atoms with Crippen LogP contribution >= 0.6 is 7.82 Å². The molecule has 1 atom stereocenters. The van der Waals surface area contributed by atoms with E-state index < -0.39 is 7.82 Å². The highest BCUT2D eigenvalue weighted by atomic mass is 31.2. The zero-order valence-corrected chi connectivity index (χ0v) is 9.87. The quantitative estimate of drug-likeness (QED) is 0.491. The summed E-state index contributed by atoms with van der Waals surface area (Å²) in [5.41, 5.74) is 0. The summed E-state index contributed by atoms with van der Waals surface area (Å²) in [4.78, 5) is 16.8. The highest BCUT2D eigenvalue weighted by Gasteiger charge is 2.12. The molecule has 0 aromatic rings. The molecule has 0 saturated carbocycles. The summed E-state index contributed by atoms with van der Waals surface area (Å²) < 4.78 is 14.7. The third-order valence-corrected chi connectivity index (χ3v) is 2.67. The van der Waals surface area contributed by atoms with Gasteiger partial charge in [-0.15, -0.1) is 0 Å². The van der Waals surface area contributed by atoms with Crippen LogP contribution in [0.25, 0.3) is 0 Å². The molecule has 0 bridgehead atoms. The van der Waals surface area contributed by atoms with Crippen molar-refractivity contribution in [3.05, 3.63) is 0 Å². The van der Waals surface area contributed by atoms with Gasteiger partial charge in [0.1, 0.15) is 0 Å². The van der Waals surface area contributed by atoms with E-state index in [0.29, 0.717) is 5.92 Å². The van der Waals surface area contributed by atoms with Crippen LogP contribution in [0, 0.1) is 5.92 Å². The first-order valence-electron chi connectivity index (χ1n) is 5.15. The molecule has 0 amide bonds. The Morgan fingerprint density at radius 1 is 1.29 bits per heavy atom. The van der Waals surface area contributed by atoms with E-state index in [1.807, 2.05) is 0 Å². The molecule has 1 unspecified atom stereocenters. The molecule has 4 nitrogen and oxygen atoms in total. The summed E-state index contributed by atoms with van der Waals surface area (Å²) in [6.07, 6.45) is 5.30. The van der Waals surface area contributed by atoms with Gasteiger partial charge in [-0.2, -0.15) is 0 Å². The van der Waals surface area contributed by atoms with Gasteiger partial charge in [0.2, 0.25) is 0 Å². The Kier molecular flexibility index (Phi) is 7.47. The molecule has 2 N–H and O–H groups in total. The Morgan fingerprint density at radius 2 is 1.86 bits per heavy atom. The molecule has 0 aliphatic rings. The first-order valence-corrected chi connectivity index (χ1v) is 6.69. The molecule has 0 heterocycles. The summed E-state index contributed by atoms with van der Waals surface area (Å²) in [5, 5.41) is 0. The number of phosphoric ester groups is 1. The van der Waals surface area contributed by atoms with Crippen LogP contribution in [0.4, 0.5) is 0 Å². The average molecular weight is 224 g/mol. The third-order valence-electron chi connectivity index (χ3n) is 2.15. The van der Waals surface area contributed by atoms with E-state index in [9.17, 15) is 4.57 Å². The Morgan fingerprint density at radius 3 is 2.36 bits per heavy atom. The second-order valence-corrected chi connectivity index (χ2v) is 4.95. The average Bonchev–Trinajstić information content (AvgIpc) is 2.07. The maximum absolute atomic E-state index is 10.3. The molecule has 0 rings (SSSR count). The molecule has 0 spiro atoms. The summed E-state index contributed by atoms with van der Waals surface area (Å²) in [6, 6.07) is 0. The van der Waals surface area contributed by atoms with Crippen molar-refractivity contribution in [1.29, 1.82) is 0 Å². The molecule has 0 fully saturated rings. The fraction of sp³-hybridized carbons (Fsp3) is 1.00. The molecule has 0 aliphatic carbocycles. The van der Waals surface area contributed by atoms with E-state index >= 15 is 0 Å². The van der Waals surface area contributed by atoms with Crippen LogP contribution in [0.3, 0.4) is 0 Å². The lowest BCUT2D eigenvalue weighted by Gasteiger charge is -2.10. The van der Waals surface area contributed by atoms with Crippen LogP contribution < -0.4 is 0 Å². The Balaban J connectivity index is 3.31. The minimum absolute atomic E-state index is 0.154. The zero-order chi connectivity index (χ0) is 11.0. The minimum Gasteiger partial charge on any atom is -0.303 e. The van der Waals surface area contributed by atoms with Crippen molar-refractivity contribution < 1.29 is 18.9 Å². The lowest BCUT2D eigenvalue weighted by Crippen LogP contribution is -1.98. The summed E-state index contributed by atoms with van der Waals surface area (Å²) in [5.74, 6) is 0.621. The van der Waals surface area contributed by atoms with Gasteiger partial charge in [0.05, 0.1) is 6.61 Å². The maximum atomic E-state index is 10.3. The molecule has 5 heteroatoms. The second kappa shape index (κ2) is 7.41. The molecule has 0 radical (unpaired) electrons. The lowest BCUT2D eigenvalue weighted by atomic mass is 9.99. The van der Waals surface area contributed by atoms with E-state index in [4.69, 9.17) is 9.79 Å². The monoisotopic (exact) mass is 224 g/mol. The number of rotatable bonds is 8. The van der Waals surface area contributed by atoms with Crippen molar-refractivity contribution in [3.63, 3.8) is 0 Å². The molecule has 0 aromatic carbocycles. The SMILES string of the molecule is CCCCC(C)CCCOP(=O)(O)O. The molecular weight excluding hydrogens is 203 g/mol. The van der Waals surface area contributed by atoms with E-state index in [-0.39, 0.29) is 6.61 Å². The number of hydrogen-bond donors (Lipinski definition) is 2. The van der Waals surface area contributed by atoms with E-state index in [1.54, 1.807) is 0 Å². The molecule has 0 aromatic heterocycles. The smallest absolute Gasteiger partial charge is 0.303 e. The topological polar surface area (TPSA) is 66.8 Å². The predicted octanol–water partition coefficient (Wildman–Crippen LogP) is 2.70. The van der Waals surface area contributed by atoms with Gasteiger partial charge in [0, 0.05) is 0 Å². The van der Waals surface area contributed by atoms with Gasteiger partial charge in [-0.3, -0.25) is 4.52 Å². The van der Waals surface area contributed by atoms with Gasteiger partial charge in [0.15, 0.2) is 0 Å². The van der Waals surface area contributed by atoms with E-state index in [0.717, 1.165) is 12.8 Å². The van der Waals surface area contributed by atoms with Gasteiger partial charge in [-0.1, -0.05) is 33.1 Å². The summed E-state index contributed by atoms with van der Waals surface area (Å²) in [7, 11) is -4.25. The highest BCUT2D eigenvalue weighted by Crippen LogP contribution is 2.35. The number of hydrogen-bond acceptors (Lipinski definition) is 2. The van der Waals surface area contributed by atoms with Crippen LogP contribution in [0.15, 0.2) is 0 Å². The fourth-order valence-electron chi connectivity index (χ4n) is 1.31. The molecular formula is C9H21O4P. The highest BCUT2D eigenvalue weighted by molar-refractivity contribution is 7.46. The van der Waals surface area contributed by atoms with Crippen LogP contribution in [-0.2, 0) is 9.09 Å². The normalized spacial score (nSPS) is 14.3. The van der Waals surface area contributed by atoms with Crippen molar-refractivity contribution in [3.8, 4) is 0 Å². The Bertz CT molecular complexity index is 178. The van der Waals surface area contributed by atoms with Gasteiger partial charge in [-0.25, -0.2) is 4.57 Å². The predicted molar refractivity (Wildman–Crippen MR) is 55.9 cm³/mol. The lowest BCUT2D eigenvalue weighted by molar-refractivity contribution is 0.190. The van der Waals surface area contributed by atoms with Crippen LogP contribution in [0.2, 0.25) is 0 Å². The number of phosphoric acid groups is 1. The van der Waals surface area contributed by atoms with Crippen molar-refractivity contribution in [2.45, 2.75) is 46.0 Å². The number of unbranched alkanes of at least 4 members (excludes halogenated alkanes) is 1. The van der Waals surface area contributed by atoms with E-state index in [1.165, 1.54) is 19.3 Å². The first kappa shape index (κ1) is 14.1. The van der Waals surface area contributed by atoms with Crippen LogP contribution in [0.1, 0.15) is 46.0 Å². The van der Waals surface area contributed by atoms with E-state index in [2.05, 4.69) is 18.4 Å². The molecule has 86 valence electrons. The van der Waals surface area contributed by atoms with Crippen molar-refractivity contribution in [1.82, 2.24) is 0 Å². The van der Waals surface area contributed by atoms with Crippen molar-refractivity contribution in [2.24, 2.45) is 5.92 Å². The van der Waals surface area contributed by atoms with Gasteiger partial charge >= 0.3 is 7.82 Å². The Labute approximate surface area is 85.9 Å². The zero-order valence-electron chi connectivity index (χ0n) is 8.98. The maximum Gasteiger partial charge on any atom is 0.469 e. The van der Waals surface area contributed by atoms with Crippen LogP contribution in [-0.4, -0.2) is 16.4 Å². The minimum atomic E-state index is -4.25. The summed E-state index contributed by atoms with van der Waals surface area (Å²) in [6.45, 7) is 4.47. The molecule has 0 saturated heterocycles. The summed E-state index contributed by atoms with van der Waals surface area (Å²) >= 11 is 0. The Hall–Kier alpha value is 0.110. The standard InChI is InChI=1S/C9H21O4P/c1-3-4-6-9(2)7-5-8-13-14(10,11)12/h9H,3-8H2,1-2H3,(H2,10,11,12). The third kappa shape index (κ3) is 10.2. The van der Waals surface area contributed by atoms with Crippen molar-refractivity contribution in [2.75, 3.05) is 6.61 Å². The van der Waals surface area contributed by atoms with Crippen LogP contribution in [0.5, 0.6) is 0 Å². The largest absolute Gasteiger partial charge is 0.469 e. The molecule has 0 aliphatic heterocycles. The fourth-order valence-corrected chi connectivity index (χ4v) is 1.68. The van der Waals surface area contributed by atoms with Gasteiger partial charge < -0.3 is 9.79 Å². The molecule has 14 heavy (non-hydrogen) atoms. The van der Waals surface area contributed by atoms with Gasteiger partial charge in [0.25, 0.3) is 0 Å². The first-order chi connectivity index (χ1) is 6.45. The van der Waals surface area contributed by atoms with Gasteiger partial charge in [-0.05, 0) is 18.8 Å². The van der Waals surface area contributed by atoms with Crippen molar-refractivity contribution >= 4 is 7.82 Å². The second-order valence-electron chi connectivity index (χ2n) is 3.71.